The monoisotopic (exact) mass is 714 g/mol. The van der Waals surface area contributed by atoms with Gasteiger partial charge in [0.1, 0.15) is 78.7 Å². The maximum Gasteiger partial charge on any atom is 0.351 e. The van der Waals surface area contributed by atoms with E-state index < -0.39 is 110 Å². The van der Waals surface area contributed by atoms with Crippen LogP contribution in [0.2, 0.25) is 0 Å². The van der Waals surface area contributed by atoms with Crippen molar-refractivity contribution in [1.29, 1.82) is 0 Å². The van der Waals surface area contributed by atoms with Gasteiger partial charge in [0.25, 0.3) is 0 Å². The van der Waals surface area contributed by atoms with E-state index in [1.807, 2.05) is 0 Å². The van der Waals surface area contributed by atoms with E-state index >= 15 is 0 Å². The largest absolute Gasteiger partial charge is 0.544 e. The second-order valence-corrected chi connectivity index (χ2v) is 12.3. The van der Waals surface area contributed by atoms with E-state index in [0.717, 1.165) is 0 Å². The first kappa shape index (κ1) is 37.3. The van der Waals surface area contributed by atoms with Crippen molar-refractivity contribution < 1.29 is 94.4 Å². The molecule has 1 aromatic carbocycles. The standard InChI is InChI=1S/C30H38N2O18/c33-8-18-20(36)22(38)24(40)29(48-18)50-25-23(39)21(37)19(9-34)49-30(25)47-17-7-14-11(6-16(17)35)5-15(28(45)46)32(14)2-1-10-3-12(26(41)42)31-13(4-10)27(43)44/h1,3,6-7,13,15,18-25,29-31,33-40H,2,4-5,8-9H2,(H,41,42)(H,43,44)(H,45,46)/t13-,15-,18+,19+,20+,21+,22-,23-,24+,25+,29-,30+/m0/s1. The van der Waals surface area contributed by atoms with Crippen LogP contribution >= 0.6 is 0 Å². The molecule has 2 fully saturated rings. The zero-order chi connectivity index (χ0) is 36.6. The Morgan fingerprint density at radius 2 is 1.56 bits per heavy atom. The molecule has 0 amide bonds. The lowest BCUT2D eigenvalue weighted by molar-refractivity contribution is -0.840. The zero-order valence-corrected chi connectivity index (χ0v) is 26.0. The van der Waals surface area contributed by atoms with Crippen LogP contribution in [0.3, 0.4) is 0 Å². The van der Waals surface area contributed by atoms with Crippen molar-refractivity contribution in [2.75, 3.05) is 19.8 Å². The highest BCUT2D eigenvalue weighted by molar-refractivity contribution is 5.89. The van der Waals surface area contributed by atoms with Gasteiger partial charge in [-0.1, -0.05) is 0 Å². The molecule has 13 atom stereocenters. The highest BCUT2D eigenvalue weighted by Crippen LogP contribution is 2.37. The Morgan fingerprint density at radius 1 is 0.920 bits per heavy atom. The Kier molecular flexibility index (Phi) is 11.3. The molecule has 0 aliphatic carbocycles. The van der Waals surface area contributed by atoms with E-state index in [4.69, 9.17) is 18.9 Å². The van der Waals surface area contributed by atoms with Crippen molar-refractivity contribution in [3.8, 4) is 11.5 Å². The second kappa shape index (κ2) is 15.1. The molecule has 4 aliphatic rings. The summed E-state index contributed by atoms with van der Waals surface area (Å²) in [5.74, 6) is -5.05. The number of quaternary nitrogens is 1. The Bertz CT molecular complexity index is 1520. The molecule has 0 bridgehead atoms. The summed E-state index contributed by atoms with van der Waals surface area (Å²) in [5, 5.41) is 116. The number of carboxylic acid groups (broad SMARTS) is 3. The Labute approximate surface area is 282 Å². The van der Waals surface area contributed by atoms with Gasteiger partial charge >= 0.3 is 11.9 Å². The average Bonchev–Trinajstić information content (AvgIpc) is 3.43. The number of phenolic OH excluding ortho intramolecular Hbond substituents is 1. The number of hydrogen-bond acceptors (Lipinski definition) is 17. The summed E-state index contributed by atoms with van der Waals surface area (Å²) in [4.78, 5) is 35.6. The lowest BCUT2D eigenvalue weighted by atomic mass is 9.97. The Balaban J connectivity index is 1.44. The highest BCUT2D eigenvalue weighted by atomic mass is 16.8. The van der Waals surface area contributed by atoms with Gasteiger partial charge < -0.3 is 85.2 Å². The van der Waals surface area contributed by atoms with Gasteiger partial charge in [-0.05, 0) is 23.8 Å². The summed E-state index contributed by atoms with van der Waals surface area (Å²) in [6.07, 6.45) is -15.0. The molecule has 20 nitrogen and oxygen atoms in total. The number of aromatic hydroxyl groups is 1. The van der Waals surface area contributed by atoms with Crippen LogP contribution in [0.4, 0.5) is 5.69 Å². The van der Waals surface area contributed by atoms with Crippen molar-refractivity contribution in [3.05, 3.63) is 41.1 Å². The molecule has 2 saturated heterocycles. The number of carbonyl (C=O) groups is 3. The summed E-state index contributed by atoms with van der Waals surface area (Å²) < 4.78 is 22.5. The molecule has 276 valence electrons. The number of hydrogen-bond donors (Lipinski definition) is 12. The Morgan fingerprint density at radius 3 is 2.16 bits per heavy atom. The number of fused-ring (bicyclic) bond motifs is 1. The van der Waals surface area contributed by atoms with Crippen LogP contribution in [0.15, 0.2) is 35.6 Å². The molecule has 1 aromatic rings. The van der Waals surface area contributed by atoms with Crippen LogP contribution < -0.4 is 20.1 Å². The number of carbonyl (C=O) groups excluding carboxylic acids is 1. The van der Waals surface area contributed by atoms with Crippen molar-refractivity contribution >= 4 is 23.6 Å². The van der Waals surface area contributed by atoms with E-state index in [0.29, 0.717) is 11.1 Å². The van der Waals surface area contributed by atoms with Crippen molar-refractivity contribution in [2.24, 2.45) is 0 Å². The minimum atomic E-state index is -1.93. The van der Waals surface area contributed by atoms with Gasteiger partial charge in [0, 0.05) is 24.5 Å². The van der Waals surface area contributed by atoms with Gasteiger partial charge in [0.05, 0.1) is 13.2 Å². The molecule has 0 aromatic heterocycles. The van der Waals surface area contributed by atoms with Gasteiger partial charge in [-0.2, -0.15) is 0 Å². The summed E-state index contributed by atoms with van der Waals surface area (Å²) in [5.41, 5.74) is 0.560. The summed E-state index contributed by atoms with van der Waals surface area (Å²) >= 11 is 0. The summed E-state index contributed by atoms with van der Waals surface area (Å²) in [6, 6.07) is -0.000792. The lowest BCUT2D eigenvalue weighted by Crippen LogP contribution is -3.11. The first-order valence-electron chi connectivity index (χ1n) is 15.5. The van der Waals surface area contributed by atoms with Crippen molar-refractivity contribution in [3.63, 3.8) is 0 Å². The van der Waals surface area contributed by atoms with E-state index in [1.54, 1.807) is 0 Å². The molecule has 4 aliphatic heterocycles. The third kappa shape index (κ3) is 7.41. The molecule has 20 heteroatoms. The van der Waals surface area contributed by atoms with E-state index in [1.165, 1.54) is 24.3 Å². The van der Waals surface area contributed by atoms with Crippen LogP contribution in [-0.4, -0.2) is 162 Å². The number of aliphatic hydroxyl groups excluding tert-OH is 7. The zero-order valence-electron chi connectivity index (χ0n) is 26.0. The molecule has 0 spiro atoms. The topological polar surface area (TPSA) is 330 Å². The quantitative estimate of drug-likeness (QED) is 0.0947. The number of carboxylic acids is 3. The predicted molar refractivity (Wildman–Crippen MR) is 156 cm³/mol. The fourth-order valence-electron chi connectivity index (χ4n) is 6.35. The fourth-order valence-corrected chi connectivity index (χ4v) is 6.35. The maximum atomic E-state index is 12.2. The smallest absolute Gasteiger partial charge is 0.351 e. The van der Waals surface area contributed by atoms with E-state index in [-0.39, 0.29) is 41.4 Å². The van der Waals surface area contributed by atoms with Gasteiger partial charge in [0.2, 0.25) is 6.29 Å². The van der Waals surface area contributed by atoms with Crippen molar-refractivity contribution in [1.82, 2.24) is 5.32 Å². The number of phenols is 1. The lowest BCUT2D eigenvalue weighted by Gasteiger charge is -2.45. The number of nitrogens with one attached hydrogen (secondary N) is 2. The predicted octanol–water partition coefficient (Wildman–Crippen LogP) is -7.07. The average molecular weight is 715 g/mol. The highest BCUT2D eigenvalue weighted by Gasteiger charge is 2.51. The van der Waals surface area contributed by atoms with Gasteiger partial charge in [-0.3, -0.25) is 4.90 Å². The summed E-state index contributed by atoms with van der Waals surface area (Å²) in [6.45, 7) is -1.73. The second-order valence-electron chi connectivity index (χ2n) is 12.3. The summed E-state index contributed by atoms with van der Waals surface area (Å²) in [7, 11) is 0. The van der Waals surface area contributed by atoms with Crippen LogP contribution in [0.25, 0.3) is 0 Å². The molecular formula is C30H38N2O18. The van der Waals surface area contributed by atoms with Crippen LogP contribution in [-0.2, 0) is 35.0 Å². The normalized spacial score (nSPS) is 37.8. The number of allylic oxidation sites excluding steroid dienone is 1. The van der Waals surface area contributed by atoms with Crippen molar-refractivity contribution in [2.45, 2.75) is 86.3 Å². The number of ether oxygens (including phenoxy) is 4. The minimum absolute atomic E-state index is 0.110. The van der Waals surface area contributed by atoms with Gasteiger partial charge in [0.15, 0.2) is 23.9 Å². The van der Waals surface area contributed by atoms with E-state index in [9.17, 15) is 70.6 Å². The Hall–Kier alpha value is -3.93. The van der Waals surface area contributed by atoms with Crippen LogP contribution in [0.1, 0.15) is 12.0 Å². The number of benzene rings is 1. The van der Waals surface area contributed by atoms with Crippen LogP contribution in [0, 0.1) is 0 Å². The maximum absolute atomic E-state index is 12.2. The van der Waals surface area contributed by atoms with Gasteiger partial charge in [-0.15, -0.1) is 0 Å². The third-order valence-corrected chi connectivity index (χ3v) is 9.08. The molecule has 0 radical (unpaired) electrons. The molecule has 5 rings (SSSR count). The number of aliphatic carboxylic acids is 3. The SMILES string of the molecule is O=C(O)C1=CC(=CC[NH+]2c3cc(O[C@@H]4O[C@H](CO)[C@@H](O)[C@H](O)[C@H]4O[C@@H]4O[C@H](CO)[C@@H](O)[C@H](O)[C@H]4O)c(O)cc3C[C@H]2C(=O)[O-])C[C@@H](C(=O)O)N1. The van der Waals surface area contributed by atoms with Gasteiger partial charge in [-0.25, -0.2) is 9.59 Å². The number of rotatable bonds is 11. The van der Waals surface area contributed by atoms with E-state index in [2.05, 4.69) is 5.32 Å². The first-order chi connectivity index (χ1) is 23.6. The molecule has 1 unspecified atom stereocenters. The fraction of sp³-hybridized carbons (Fsp3) is 0.567. The molecular weight excluding hydrogens is 676 g/mol. The molecule has 50 heavy (non-hydrogen) atoms. The molecule has 12 N–H and O–H groups in total. The van der Waals surface area contributed by atoms with Crippen LogP contribution in [0.5, 0.6) is 11.5 Å². The number of aliphatic hydroxyl groups is 7. The third-order valence-electron chi connectivity index (χ3n) is 9.08. The first-order valence-corrected chi connectivity index (χ1v) is 15.5. The minimum Gasteiger partial charge on any atom is -0.544 e. The molecule has 0 saturated carbocycles. The molecule has 4 heterocycles.